The molecule has 5 heteroatoms. The van der Waals surface area contributed by atoms with Gasteiger partial charge in [0.15, 0.2) is 0 Å². The SMILES string of the molecule is COCCOCCNC(=O)C1CNCC(C)C1. The highest BCUT2D eigenvalue weighted by molar-refractivity contribution is 5.78. The van der Waals surface area contributed by atoms with E-state index in [1.54, 1.807) is 7.11 Å². The molecular formula is C12H24N2O3. The topological polar surface area (TPSA) is 59.6 Å². The Bertz CT molecular complexity index is 224. The lowest BCUT2D eigenvalue weighted by molar-refractivity contribution is -0.126. The molecule has 5 nitrogen and oxygen atoms in total. The van der Waals surface area contributed by atoms with Crippen LogP contribution in [0.3, 0.4) is 0 Å². The second-order valence-corrected chi connectivity index (χ2v) is 4.59. The average molecular weight is 244 g/mol. The van der Waals surface area contributed by atoms with Gasteiger partial charge in [0.25, 0.3) is 0 Å². The molecule has 0 radical (unpaired) electrons. The highest BCUT2D eigenvalue weighted by Crippen LogP contribution is 2.15. The molecule has 1 fully saturated rings. The van der Waals surface area contributed by atoms with E-state index in [-0.39, 0.29) is 11.8 Å². The van der Waals surface area contributed by atoms with E-state index < -0.39 is 0 Å². The van der Waals surface area contributed by atoms with Gasteiger partial charge in [-0.05, 0) is 18.9 Å². The highest BCUT2D eigenvalue weighted by atomic mass is 16.5. The number of amides is 1. The quantitative estimate of drug-likeness (QED) is 0.619. The van der Waals surface area contributed by atoms with Crippen LogP contribution in [0.4, 0.5) is 0 Å². The lowest BCUT2D eigenvalue weighted by Gasteiger charge is -2.26. The fourth-order valence-corrected chi connectivity index (χ4v) is 1.99. The Balaban J connectivity index is 2.04. The van der Waals surface area contributed by atoms with Crippen molar-refractivity contribution >= 4 is 5.91 Å². The Kier molecular flexibility index (Phi) is 7.16. The molecule has 0 aromatic heterocycles. The third kappa shape index (κ3) is 6.00. The van der Waals surface area contributed by atoms with Gasteiger partial charge in [-0.15, -0.1) is 0 Å². The Morgan fingerprint density at radius 1 is 1.35 bits per heavy atom. The van der Waals surface area contributed by atoms with Gasteiger partial charge in [-0.1, -0.05) is 6.92 Å². The van der Waals surface area contributed by atoms with E-state index in [0.717, 1.165) is 19.5 Å². The van der Waals surface area contributed by atoms with Crippen LogP contribution in [0.25, 0.3) is 0 Å². The molecule has 1 rings (SSSR count). The van der Waals surface area contributed by atoms with E-state index in [0.29, 0.717) is 32.3 Å². The summed E-state index contributed by atoms with van der Waals surface area (Å²) in [5.74, 6) is 0.828. The first-order chi connectivity index (χ1) is 8.24. The minimum absolute atomic E-state index is 0.109. The minimum atomic E-state index is 0.109. The van der Waals surface area contributed by atoms with Crippen molar-refractivity contribution in [1.82, 2.24) is 10.6 Å². The molecule has 2 atom stereocenters. The summed E-state index contributed by atoms with van der Waals surface area (Å²) < 4.78 is 10.1. The van der Waals surface area contributed by atoms with Gasteiger partial charge >= 0.3 is 0 Å². The van der Waals surface area contributed by atoms with E-state index in [4.69, 9.17) is 9.47 Å². The number of methoxy groups -OCH3 is 1. The largest absolute Gasteiger partial charge is 0.382 e. The zero-order valence-electron chi connectivity index (χ0n) is 10.8. The molecule has 0 bridgehead atoms. The van der Waals surface area contributed by atoms with Crippen molar-refractivity contribution in [2.75, 3.05) is 46.6 Å². The van der Waals surface area contributed by atoms with Crippen molar-refractivity contribution in [3.8, 4) is 0 Å². The van der Waals surface area contributed by atoms with E-state index in [1.165, 1.54) is 0 Å². The van der Waals surface area contributed by atoms with Crippen LogP contribution in [0, 0.1) is 11.8 Å². The first-order valence-electron chi connectivity index (χ1n) is 6.29. The van der Waals surface area contributed by atoms with Gasteiger partial charge in [0.2, 0.25) is 5.91 Å². The normalized spacial score (nSPS) is 24.6. The summed E-state index contributed by atoms with van der Waals surface area (Å²) in [6.07, 6.45) is 0.976. The molecule has 2 unspecified atom stereocenters. The lowest BCUT2D eigenvalue weighted by atomic mass is 9.91. The molecule has 0 spiro atoms. The Morgan fingerprint density at radius 2 is 2.18 bits per heavy atom. The van der Waals surface area contributed by atoms with Gasteiger partial charge in [-0.3, -0.25) is 4.79 Å². The van der Waals surface area contributed by atoms with Crippen LogP contribution in [0.2, 0.25) is 0 Å². The monoisotopic (exact) mass is 244 g/mol. The zero-order chi connectivity index (χ0) is 12.5. The maximum Gasteiger partial charge on any atom is 0.224 e. The zero-order valence-corrected chi connectivity index (χ0v) is 10.8. The summed E-state index contributed by atoms with van der Waals surface area (Å²) >= 11 is 0. The smallest absolute Gasteiger partial charge is 0.224 e. The van der Waals surface area contributed by atoms with Crippen LogP contribution in [0.5, 0.6) is 0 Å². The van der Waals surface area contributed by atoms with Crippen LogP contribution in [-0.2, 0) is 14.3 Å². The van der Waals surface area contributed by atoms with E-state index in [2.05, 4.69) is 17.6 Å². The summed E-state index contributed by atoms with van der Waals surface area (Å²) in [6.45, 7) is 6.27. The van der Waals surface area contributed by atoms with Crippen molar-refractivity contribution in [1.29, 1.82) is 0 Å². The summed E-state index contributed by atoms with van der Waals surface area (Å²) in [5.41, 5.74) is 0. The average Bonchev–Trinajstić information content (AvgIpc) is 2.33. The summed E-state index contributed by atoms with van der Waals surface area (Å²) in [6, 6.07) is 0. The molecule has 1 saturated heterocycles. The van der Waals surface area contributed by atoms with Gasteiger partial charge < -0.3 is 20.1 Å². The van der Waals surface area contributed by atoms with E-state index in [9.17, 15) is 4.79 Å². The Labute approximate surface area is 103 Å². The Morgan fingerprint density at radius 3 is 2.88 bits per heavy atom. The van der Waals surface area contributed by atoms with Crippen LogP contribution < -0.4 is 10.6 Å². The summed E-state index contributed by atoms with van der Waals surface area (Å²) in [4.78, 5) is 11.8. The van der Waals surface area contributed by atoms with Crippen LogP contribution in [0.15, 0.2) is 0 Å². The maximum absolute atomic E-state index is 11.8. The number of carbonyl (C=O) groups excluding carboxylic acids is 1. The molecule has 17 heavy (non-hydrogen) atoms. The molecule has 0 saturated carbocycles. The number of rotatable bonds is 7. The van der Waals surface area contributed by atoms with Crippen LogP contribution >= 0.6 is 0 Å². The third-order valence-electron chi connectivity index (χ3n) is 2.92. The van der Waals surface area contributed by atoms with Crippen LogP contribution in [0.1, 0.15) is 13.3 Å². The summed E-state index contributed by atoms with van der Waals surface area (Å²) in [7, 11) is 1.64. The van der Waals surface area contributed by atoms with Crippen molar-refractivity contribution in [2.45, 2.75) is 13.3 Å². The molecule has 0 aromatic carbocycles. The third-order valence-corrected chi connectivity index (χ3v) is 2.92. The number of hydrogen-bond acceptors (Lipinski definition) is 4. The molecular weight excluding hydrogens is 220 g/mol. The molecule has 100 valence electrons. The molecule has 0 aromatic rings. The number of nitrogens with one attached hydrogen (secondary N) is 2. The minimum Gasteiger partial charge on any atom is -0.382 e. The first kappa shape index (κ1) is 14.4. The van der Waals surface area contributed by atoms with E-state index >= 15 is 0 Å². The molecule has 2 N–H and O–H groups in total. The molecule has 1 aliphatic heterocycles. The number of hydrogen-bond donors (Lipinski definition) is 2. The van der Waals surface area contributed by atoms with Crippen molar-refractivity contribution in [2.24, 2.45) is 11.8 Å². The standard InChI is InChI=1S/C12H24N2O3/c1-10-7-11(9-13-8-10)12(15)14-3-4-17-6-5-16-2/h10-11,13H,3-9H2,1-2H3,(H,14,15). The molecule has 0 aliphatic carbocycles. The number of ether oxygens (including phenoxy) is 2. The van der Waals surface area contributed by atoms with Gasteiger partial charge in [0, 0.05) is 20.2 Å². The lowest BCUT2D eigenvalue weighted by Crippen LogP contribution is -2.44. The maximum atomic E-state index is 11.8. The highest BCUT2D eigenvalue weighted by Gasteiger charge is 2.24. The van der Waals surface area contributed by atoms with Gasteiger partial charge in [-0.2, -0.15) is 0 Å². The predicted octanol–water partition coefficient (Wildman–Crippen LogP) is 0.0112. The van der Waals surface area contributed by atoms with Crippen LogP contribution in [-0.4, -0.2) is 52.5 Å². The molecule has 1 amide bonds. The first-order valence-corrected chi connectivity index (χ1v) is 6.29. The number of carbonyl (C=O) groups is 1. The second kappa shape index (κ2) is 8.44. The Hall–Kier alpha value is -0.650. The fraction of sp³-hybridized carbons (Fsp3) is 0.917. The van der Waals surface area contributed by atoms with Crippen molar-refractivity contribution < 1.29 is 14.3 Å². The van der Waals surface area contributed by atoms with Crippen molar-refractivity contribution in [3.05, 3.63) is 0 Å². The van der Waals surface area contributed by atoms with E-state index in [1.807, 2.05) is 0 Å². The fourth-order valence-electron chi connectivity index (χ4n) is 1.99. The van der Waals surface area contributed by atoms with Gasteiger partial charge in [0.1, 0.15) is 0 Å². The van der Waals surface area contributed by atoms with Gasteiger partial charge in [0.05, 0.1) is 25.7 Å². The number of piperidine rings is 1. The second-order valence-electron chi connectivity index (χ2n) is 4.59. The van der Waals surface area contributed by atoms with Crippen molar-refractivity contribution in [3.63, 3.8) is 0 Å². The summed E-state index contributed by atoms with van der Waals surface area (Å²) in [5, 5.41) is 6.18. The predicted molar refractivity (Wildman–Crippen MR) is 65.8 cm³/mol. The molecule has 1 heterocycles. The van der Waals surface area contributed by atoms with Gasteiger partial charge in [-0.25, -0.2) is 0 Å². The molecule has 1 aliphatic rings.